The average Bonchev–Trinajstić information content (AvgIpc) is 2.46. The quantitative estimate of drug-likeness (QED) is 0.795. The van der Waals surface area contributed by atoms with Crippen molar-refractivity contribution in [3.63, 3.8) is 0 Å². The van der Waals surface area contributed by atoms with Crippen molar-refractivity contribution in [1.29, 1.82) is 0 Å². The van der Waals surface area contributed by atoms with Crippen LogP contribution in [0.4, 0.5) is 5.69 Å². The van der Waals surface area contributed by atoms with Crippen LogP contribution < -0.4 is 0 Å². The maximum absolute atomic E-state index is 12.7. The fourth-order valence-electron chi connectivity index (χ4n) is 1.86. The Morgan fingerprint density at radius 2 is 1.62 bits per heavy atom. The molecule has 3 nitrogen and oxygen atoms in total. The SMILES string of the molecule is Cc1ccc(S(=O)(=O)c2ccccc2/N=C/C(C)C)cc1. The van der Waals surface area contributed by atoms with Gasteiger partial charge in [0.05, 0.1) is 15.5 Å². The van der Waals surface area contributed by atoms with E-state index in [0.29, 0.717) is 10.6 Å². The van der Waals surface area contributed by atoms with Crippen LogP contribution in [0.2, 0.25) is 0 Å². The van der Waals surface area contributed by atoms with Crippen molar-refractivity contribution in [2.45, 2.75) is 30.6 Å². The van der Waals surface area contributed by atoms with Crippen LogP contribution in [0.15, 0.2) is 63.3 Å². The van der Waals surface area contributed by atoms with E-state index in [-0.39, 0.29) is 10.8 Å². The molecule has 0 spiro atoms. The minimum Gasteiger partial charge on any atom is -0.260 e. The van der Waals surface area contributed by atoms with Crippen molar-refractivity contribution in [3.05, 3.63) is 54.1 Å². The van der Waals surface area contributed by atoms with E-state index in [1.807, 2.05) is 20.8 Å². The van der Waals surface area contributed by atoms with E-state index in [4.69, 9.17) is 0 Å². The Labute approximate surface area is 126 Å². The molecule has 0 amide bonds. The predicted molar refractivity (Wildman–Crippen MR) is 86.1 cm³/mol. The Kier molecular flexibility index (Phi) is 4.58. The Bertz CT molecular complexity index is 745. The number of sulfone groups is 1. The molecule has 0 saturated carbocycles. The van der Waals surface area contributed by atoms with Gasteiger partial charge < -0.3 is 0 Å². The van der Waals surface area contributed by atoms with Gasteiger partial charge in [0.25, 0.3) is 0 Å². The van der Waals surface area contributed by atoms with E-state index in [1.165, 1.54) is 0 Å². The number of hydrogen-bond acceptors (Lipinski definition) is 3. The molecular formula is C17H19NO2S. The Balaban J connectivity index is 2.52. The van der Waals surface area contributed by atoms with Crippen molar-refractivity contribution in [2.24, 2.45) is 10.9 Å². The Hall–Kier alpha value is -1.94. The largest absolute Gasteiger partial charge is 0.260 e. The van der Waals surface area contributed by atoms with E-state index >= 15 is 0 Å². The third kappa shape index (κ3) is 3.58. The topological polar surface area (TPSA) is 46.5 Å². The molecule has 0 bridgehead atoms. The number of para-hydroxylation sites is 1. The molecule has 0 saturated heterocycles. The molecule has 0 unspecified atom stereocenters. The predicted octanol–water partition coefficient (Wildman–Crippen LogP) is 4.19. The van der Waals surface area contributed by atoms with E-state index in [2.05, 4.69) is 4.99 Å². The van der Waals surface area contributed by atoms with Crippen LogP contribution in [0.5, 0.6) is 0 Å². The third-order valence-corrected chi connectivity index (χ3v) is 4.81. The molecule has 0 aliphatic rings. The van der Waals surface area contributed by atoms with Gasteiger partial charge in [0.2, 0.25) is 9.84 Å². The zero-order chi connectivity index (χ0) is 15.5. The Morgan fingerprint density at radius 1 is 1.00 bits per heavy atom. The van der Waals surface area contributed by atoms with Gasteiger partial charge in [0.15, 0.2) is 0 Å². The lowest BCUT2D eigenvalue weighted by molar-refractivity contribution is 0.596. The summed E-state index contributed by atoms with van der Waals surface area (Å²) >= 11 is 0. The second-order valence-electron chi connectivity index (χ2n) is 5.31. The molecule has 110 valence electrons. The smallest absolute Gasteiger partial charge is 0.208 e. The van der Waals surface area contributed by atoms with Gasteiger partial charge in [0.1, 0.15) is 0 Å². The summed E-state index contributed by atoms with van der Waals surface area (Å²) in [4.78, 5) is 4.84. The number of rotatable bonds is 4. The molecule has 0 aliphatic heterocycles. The molecule has 21 heavy (non-hydrogen) atoms. The molecule has 4 heteroatoms. The van der Waals surface area contributed by atoms with Gasteiger partial charge in [-0.3, -0.25) is 4.99 Å². The van der Waals surface area contributed by atoms with Crippen molar-refractivity contribution >= 4 is 21.7 Å². The zero-order valence-corrected chi connectivity index (χ0v) is 13.3. The summed E-state index contributed by atoms with van der Waals surface area (Å²) in [5, 5.41) is 0. The fourth-order valence-corrected chi connectivity index (χ4v) is 3.27. The molecule has 2 aromatic rings. The summed E-state index contributed by atoms with van der Waals surface area (Å²) in [6.07, 6.45) is 1.75. The highest BCUT2D eigenvalue weighted by molar-refractivity contribution is 7.91. The molecule has 0 heterocycles. The van der Waals surface area contributed by atoms with Crippen LogP contribution >= 0.6 is 0 Å². The van der Waals surface area contributed by atoms with Gasteiger partial charge >= 0.3 is 0 Å². The van der Waals surface area contributed by atoms with Crippen LogP contribution in [0.1, 0.15) is 19.4 Å². The summed E-state index contributed by atoms with van der Waals surface area (Å²) in [5.74, 6) is 0.264. The molecule has 2 rings (SSSR count). The number of aliphatic imine (C=N–C) groups is 1. The van der Waals surface area contributed by atoms with E-state index < -0.39 is 9.84 Å². The Morgan fingerprint density at radius 3 is 2.24 bits per heavy atom. The number of aryl methyl sites for hydroxylation is 1. The van der Waals surface area contributed by atoms with Crippen molar-refractivity contribution in [1.82, 2.24) is 0 Å². The molecule has 2 aromatic carbocycles. The highest BCUT2D eigenvalue weighted by atomic mass is 32.2. The lowest BCUT2D eigenvalue weighted by Crippen LogP contribution is -2.02. The van der Waals surface area contributed by atoms with Crippen molar-refractivity contribution < 1.29 is 8.42 Å². The lowest BCUT2D eigenvalue weighted by Gasteiger charge is -2.08. The van der Waals surface area contributed by atoms with Crippen LogP contribution in [-0.4, -0.2) is 14.6 Å². The van der Waals surface area contributed by atoms with Gasteiger partial charge in [-0.1, -0.05) is 43.7 Å². The summed E-state index contributed by atoms with van der Waals surface area (Å²) < 4.78 is 25.5. The van der Waals surface area contributed by atoms with Gasteiger partial charge in [-0.15, -0.1) is 0 Å². The second kappa shape index (κ2) is 6.22. The minimum absolute atomic E-state index is 0.241. The van der Waals surface area contributed by atoms with Gasteiger partial charge in [-0.05, 0) is 37.1 Å². The first-order chi connectivity index (χ1) is 9.91. The molecule has 0 atom stereocenters. The fraction of sp³-hybridized carbons (Fsp3) is 0.235. The summed E-state index contributed by atoms with van der Waals surface area (Å²) in [6.45, 7) is 5.93. The highest BCUT2D eigenvalue weighted by Gasteiger charge is 2.20. The maximum Gasteiger partial charge on any atom is 0.208 e. The monoisotopic (exact) mass is 301 g/mol. The average molecular weight is 301 g/mol. The van der Waals surface area contributed by atoms with Crippen molar-refractivity contribution in [3.8, 4) is 0 Å². The third-order valence-electron chi connectivity index (χ3n) is 3.00. The van der Waals surface area contributed by atoms with Gasteiger partial charge in [-0.2, -0.15) is 0 Å². The van der Waals surface area contributed by atoms with Crippen molar-refractivity contribution in [2.75, 3.05) is 0 Å². The molecule has 0 N–H and O–H groups in total. The van der Waals surface area contributed by atoms with Crippen LogP contribution in [-0.2, 0) is 9.84 Å². The van der Waals surface area contributed by atoms with Gasteiger partial charge in [-0.25, -0.2) is 8.42 Å². The molecular weight excluding hydrogens is 282 g/mol. The second-order valence-corrected chi connectivity index (χ2v) is 7.22. The maximum atomic E-state index is 12.7. The van der Waals surface area contributed by atoms with E-state index in [9.17, 15) is 8.42 Å². The minimum atomic E-state index is -3.55. The standard InChI is InChI=1S/C17H19NO2S/c1-13(2)12-18-16-6-4-5-7-17(16)21(19,20)15-10-8-14(3)9-11-15/h4-13H,1-3H3/b18-12+. The molecule has 0 fully saturated rings. The summed E-state index contributed by atoms with van der Waals surface area (Å²) in [5.41, 5.74) is 1.51. The summed E-state index contributed by atoms with van der Waals surface area (Å²) in [6, 6.07) is 13.7. The number of benzene rings is 2. The number of hydrogen-bond donors (Lipinski definition) is 0. The highest BCUT2D eigenvalue weighted by Crippen LogP contribution is 2.29. The van der Waals surface area contributed by atoms with Crippen LogP contribution in [0.25, 0.3) is 0 Å². The van der Waals surface area contributed by atoms with Gasteiger partial charge in [0, 0.05) is 6.21 Å². The van der Waals surface area contributed by atoms with Crippen LogP contribution in [0, 0.1) is 12.8 Å². The first kappa shape index (κ1) is 15.4. The van der Waals surface area contributed by atoms with E-state index in [1.54, 1.807) is 54.7 Å². The summed E-state index contributed by atoms with van der Waals surface area (Å²) in [7, 11) is -3.55. The molecule has 0 radical (unpaired) electrons. The molecule has 0 aliphatic carbocycles. The molecule has 0 aromatic heterocycles. The van der Waals surface area contributed by atoms with E-state index in [0.717, 1.165) is 5.56 Å². The first-order valence-electron chi connectivity index (χ1n) is 6.86. The van der Waals surface area contributed by atoms with Crippen LogP contribution in [0.3, 0.4) is 0 Å². The lowest BCUT2D eigenvalue weighted by atomic mass is 10.2. The number of nitrogens with zero attached hydrogens (tertiary/aromatic N) is 1. The normalized spacial score (nSPS) is 12.2. The zero-order valence-electron chi connectivity index (χ0n) is 12.4. The first-order valence-corrected chi connectivity index (χ1v) is 8.34.